The van der Waals surface area contributed by atoms with Gasteiger partial charge in [-0.3, -0.25) is 10.1 Å². The van der Waals surface area contributed by atoms with Crippen molar-refractivity contribution in [1.29, 1.82) is 0 Å². The molecule has 0 spiro atoms. The fourth-order valence-corrected chi connectivity index (χ4v) is 2.94. The lowest BCUT2D eigenvalue weighted by molar-refractivity contribution is -0.122. The van der Waals surface area contributed by atoms with Crippen LogP contribution in [-0.4, -0.2) is 25.1 Å². The molecule has 0 saturated carbocycles. The third-order valence-electron chi connectivity index (χ3n) is 3.64. The molecule has 7 heteroatoms. The van der Waals surface area contributed by atoms with Gasteiger partial charge in [-0.1, -0.05) is 40.9 Å². The molecular formula is C17H20Cl2N2O3. The number of carbonyl (C=O) groups is 2. The molecular weight excluding hydrogens is 351 g/mol. The van der Waals surface area contributed by atoms with Crippen LogP contribution in [0.4, 0.5) is 4.79 Å². The summed E-state index contributed by atoms with van der Waals surface area (Å²) >= 11 is 11.9. The quantitative estimate of drug-likeness (QED) is 0.741. The van der Waals surface area contributed by atoms with Gasteiger partial charge in [0, 0.05) is 6.54 Å². The van der Waals surface area contributed by atoms with E-state index in [0.717, 1.165) is 19.3 Å². The Morgan fingerprint density at radius 2 is 1.92 bits per heavy atom. The Morgan fingerprint density at radius 1 is 1.17 bits per heavy atom. The van der Waals surface area contributed by atoms with Crippen LogP contribution in [0, 0.1) is 0 Å². The van der Waals surface area contributed by atoms with Crippen molar-refractivity contribution in [2.24, 2.45) is 0 Å². The van der Waals surface area contributed by atoms with E-state index in [-0.39, 0.29) is 12.4 Å². The molecule has 0 aliphatic heterocycles. The molecule has 0 bridgehead atoms. The average Bonchev–Trinajstić information content (AvgIpc) is 2.55. The lowest BCUT2D eigenvalue weighted by Crippen LogP contribution is -2.42. The van der Waals surface area contributed by atoms with Crippen LogP contribution in [0.5, 0.6) is 5.75 Å². The van der Waals surface area contributed by atoms with E-state index in [1.165, 1.54) is 18.4 Å². The minimum absolute atomic E-state index is 0.223. The zero-order valence-electron chi connectivity index (χ0n) is 13.2. The highest BCUT2D eigenvalue weighted by Gasteiger charge is 2.12. The van der Waals surface area contributed by atoms with Gasteiger partial charge < -0.3 is 10.1 Å². The number of amides is 3. The van der Waals surface area contributed by atoms with E-state index < -0.39 is 11.9 Å². The van der Waals surface area contributed by atoms with Crippen molar-refractivity contribution < 1.29 is 14.3 Å². The molecule has 24 heavy (non-hydrogen) atoms. The SMILES string of the molecule is O=C(COc1c(Cl)cccc1Cl)NC(=O)NCCC1=CCCCC1. The largest absolute Gasteiger partial charge is 0.481 e. The number of halogens is 2. The van der Waals surface area contributed by atoms with Gasteiger partial charge in [-0.2, -0.15) is 0 Å². The van der Waals surface area contributed by atoms with Gasteiger partial charge in [0.15, 0.2) is 12.4 Å². The van der Waals surface area contributed by atoms with E-state index in [9.17, 15) is 9.59 Å². The van der Waals surface area contributed by atoms with Crippen molar-refractivity contribution in [2.45, 2.75) is 32.1 Å². The van der Waals surface area contributed by atoms with Gasteiger partial charge in [0.1, 0.15) is 0 Å². The lowest BCUT2D eigenvalue weighted by Gasteiger charge is -2.13. The zero-order valence-corrected chi connectivity index (χ0v) is 14.8. The van der Waals surface area contributed by atoms with Crippen LogP contribution in [0.3, 0.4) is 0 Å². The molecule has 1 aromatic carbocycles. The number of hydrogen-bond acceptors (Lipinski definition) is 3. The van der Waals surface area contributed by atoms with Crippen molar-refractivity contribution in [2.75, 3.05) is 13.2 Å². The number of rotatable bonds is 6. The number of carbonyl (C=O) groups excluding carboxylic acids is 2. The Kier molecular flexibility index (Phi) is 7.40. The van der Waals surface area contributed by atoms with Gasteiger partial charge in [0.2, 0.25) is 0 Å². The standard InChI is InChI=1S/C17H20Cl2N2O3/c18-13-7-4-8-14(19)16(13)24-11-15(22)21-17(23)20-10-9-12-5-2-1-3-6-12/h4-5,7-8H,1-3,6,9-11H2,(H2,20,21,22,23). The summed E-state index contributed by atoms with van der Waals surface area (Å²) in [6.45, 7) is 0.157. The van der Waals surface area contributed by atoms with Crippen molar-refractivity contribution in [3.63, 3.8) is 0 Å². The van der Waals surface area contributed by atoms with Gasteiger partial charge in [0.25, 0.3) is 5.91 Å². The van der Waals surface area contributed by atoms with E-state index in [2.05, 4.69) is 16.7 Å². The topological polar surface area (TPSA) is 67.4 Å². The predicted octanol–water partition coefficient (Wildman–Crippen LogP) is 4.09. The molecule has 2 N–H and O–H groups in total. The fraction of sp³-hybridized carbons (Fsp3) is 0.412. The first-order chi connectivity index (χ1) is 11.6. The number of ether oxygens (including phenoxy) is 1. The fourth-order valence-electron chi connectivity index (χ4n) is 2.43. The number of nitrogens with one attached hydrogen (secondary N) is 2. The molecule has 0 heterocycles. The van der Waals surface area contributed by atoms with Gasteiger partial charge in [-0.15, -0.1) is 0 Å². The molecule has 2 rings (SSSR count). The zero-order chi connectivity index (χ0) is 17.4. The Labute approximate surface area is 151 Å². The average molecular weight is 371 g/mol. The maximum atomic E-state index is 11.7. The Hall–Kier alpha value is -1.72. The normalized spacial score (nSPS) is 13.8. The van der Waals surface area contributed by atoms with Gasteiger partial charge in [-0.25, -0.2) is 4.79 Å². The van der Waals surface area contributed by atoms with Gasteiger partial charge >= 0.3 is 6.03 Å². The molecule has 0 radical (unpaired) electrons. The van der Waals surface area contributed by atoms with Crippen molar-refractivity contribution >= 4 is 35.1 Å². The Bertz CT molecular complexity index is 612. The monoisotopic (exact) mass is 370 g/mol. The molecule has 0 fully saturated rings. The molecule has 0 saturated heterocycles. The number of para-hydroxylation sites is 1. The molecule has 1 aliphatic rings. The van der Waals surface area contributed by atoms with Crippen LogP contribution >= 0.6 is 23.2 Å². The van der Waals surface area contributed by atoms with Crippen LogP contribution in [-0.2, 0) is 4.79 Å². The van der Waals surface area contributed by atoms with Crippen LogP contribution in [0.2, 0.25) is 10.0 Å². The second-order valence-electron chi connectivity index (χ2n) is 5.50. The summed E-state index contributed by atoms with van der Waals surface area (Å²) < 4.78 is 5.26. The minimum atomic E-state index is -0.569. The summed E-state index contributed by atoms with van der Waals surface area (Å²) in [4.78, 5) is 23.4. The van der Waals surface area contributed by atoms with Crippen molar-refractivity contribution in [3.05, 3.63) is 39.9 Å². The van der Waals surface area contributed by atoms with Crippen molar-refractivity contribution in [3.8, 4) is 5.75 Å². The summed E-state index contributed by atoms with van der Waals surface area (Å²) in [6.07, 6.45) is 7.69. The minimum Gasteiger partial charge on any atom is -0.481 e. The first-order valence-corrected chi connectivity index (χ1v) is 8.64. The third-order valence-corrected chi connectivity index (χ3v) is 4.23. The summed E-state index contributed by atoms with van der Waals surface area (Å²) in [5, 5.41) is 5.48. The second-order valence-corrected chi connectivity index (χ2v) is 6.32. The van der Waals surface area contributed by atoms with Crippen LogP contribution in [0.15, 0.2) is 29.8 Å². The van der Waals surface area contributed by atoms with E-state index in [0.29, 0.717) is 16.6 Å². The highest BCUT2D eigenvalue weighted by atomic mass is 35.5. The van der Waals surface area contributed by atoms with Crippen LogP contribution < -0.4 is 15.4 Å². The Balaban J connectivity index is 1.68. The summed E-state index contributed by atoms with van der Waals surface area (Å²) in [5.41, 5.74) is 1.37. The highest BCUT2D eigenvalue weighted by Crippen LogP contribution is 2.32. The summed E-state index contributed by atoms with van der Waals surface area (Å²) in [5.74, 6) is -0.346. The van der Waals surface area contributed by atoms with E-state index in [1.807, 2.05) is 0 Å². The molecule has 0 atom stereocenters. The predicted molar refractivity (Wildman–Crippen MR) is 94.7 cm³/mol. The molecule has 0 unspecified atom stereocenters. The molecule has 1 aromatic rings. The van der Waals surface area contributed by atoms with E-state index in [1.54, 1.807) is 18.2 Å². The van der Waals surface area contributed by atoms with E-state index >= 15 is 0 Å². The number of benzene rings is 1. The van der Waals surface area contributed by atoms with Gasteiger partial charge in [0.05, 0.1) is 10.0 Å². The van der Waals surface area contributed by atoms with Crippen LogP contribution in [0.25, 0.3) is 0 Å². The molecule has 130 valence electrons. The molecule has 5 nitrogen and oxygen atoms in total. The third kappa shape index (κ3) is 6.06. The summed E-state index contributed by atoms with van der Waals surface area (Å²) in [7, 11) is 0. The number of urea groups is 1. The van der Waals surface area contributed by atoms with Crippen LogP contribution in [0.1, 0.15) is 32.1 Å². The first kappa shape index (κ1) is 18.6. The lowest BCUT2D eigenvalue weighted by atomic mass is 9.97. The first-order valence-electron chi connectivity index (χ1n) is 7.88. The van der Waals surface area contributed by atoms with Gasteiger partial charge in [-0.05, 0) is 44.2 Å². The second kappa shape index (κ2) is 9.55. The highest BCUT2D eigenvalue weighted by molar-refractivity contribution is 6.37. The smallest absolute Gasteiger partial charge is 0.321 e. The number of allylic oxidation sites excluding steroid dienone is 1. The maximum absolute atomic E-state index is 11.7. The number of hydrogen-bond donors (Lipinski definition) is 2. The molecule has 0 aromatic heterocycles. The molecule has 1 aliphatic carbocycles. The van der Waals surface area contributed by atoms with Crippen molar-refractivity contribution in [1.82, 2.24) is 10.6 Å². The number of imide groups is 1. The molecule has 3 amide bonds. The van der Waals surface area contributed by atoms with E-state index in [4.69, 9.17) is 27.9 Å². The maximum Gasteiger partial charge on any atom is 0.321 e. The summed E-state index contributed by atoms with van der Waals surface area (Å²) in [6, 6.07) is 4.35. The Morgan fingerprint density at radius 3 is 2.58 bits per heavy atom.